The number of hydrogen-bond acceptors (Lipinski definition) is 0. The zero-order valence-corrected chi connectivity index (χ0v) is 9.35. The Morgan fingerprint density at radius 3 is 2.56 bits per heavy atom. The highest BCUT2D eigenvalue weighted by Crippen LogP contribution is 2.30. The van der Waals surface area contributed by atoms with Crippen LogP contribution in [0.2, 0.25) is 0 Å². The first-order valence-corrected chi connectivity index (χ1v) is 5.39. The van der Waals surface area contributed by atoms with Crippen molar-refractivity contribution < 1.29 is 13.2 Å². The SMILES string of the molecule is [CH2]CCC(C)Cc1cccc(C(F)(F)F)c1. The molecule has 0 aromatic heterocycles. The fourth-order valence-electron chi connectivity index (χ4n) is 1.73. The summed E-state index contributed by atoms with van der Waals surface area (Å²) >= 11 is 0. The number of benzene rings is 1. The lowest BCUT2D eigenvalue weighted by atomic mass is 9.96. The van der Waals surface area contributed by atoms with Gasteiger partial charge in [-0.1, -0.05) is 44.9 Å². The quantitative estimate of drug-likeness (QED) is 0.713. The highest BCUT2D eigenvalue weighted by molar-refractivity contribution is 5.25. The molecule has 0 amide bonds. The fourth-order valence-corrected chi connectivity index (χ4v) is 1.73. The van der Waals surface area contributed by atoms with Crippen molar-refractivity contribution in [3.05, 3.63) is 42.3 Å². The van der Waals surface area contributed by atoms with E-state index in [0.717, 1.165) is 24.5 Å². The molecule has 1 aromatic rings. The number of hydrogen-bond donors (Lipinski definition) is 0. The van der Waals surface area contributed by atoms with Crippen molar-refractivity contribution in [2.45, 2.75) is 32.4 Å². The minimum absolute atomic E-state index is 0.376. The summed E-state index contributed by atoms with van der Waals surface area (Å²) in [5, 5.41) is 0. The molecule has 0 aliphatic heterocycles. The molecule has 0 aliphatic carbocycles. The van der Waals surface area contributed by atoms with E-state index in [1.54, 1.807) is 6.07 Å². The number of alkyl halides is 3. The molecule has 0 fully saturated rings. The van der Waals surface area contributed by atoms with E-state index in [4.69, 9.17) is 0 Å². The van der Waals surface area contributed by atoms with E-state index in [1.807, 2.05) is 6.92 Å². The maximum absolute atomic E-state index is 12.4. The molecule has 0 nitrogen and oxygen atoms in total. The van der Waals surface area contributed by atoms with Crippen molar-refractivity contribution in [1.82, 2.24) is 0 Å². The average Bonchev–Trinajstić information content (AvgIpc) is 2.17. The van der Waals surface area contributed by atoms with Crippen molar-refractivity contribution in [3.8, 4) is 0 Å². The molecule has 1 atom stereocenters. The van der Waals surface area contributed by atoms with Gasteiger partial charge in [-0.15, -0.1) is 0 Å². The number of rotatable bonds is 4. The Hall–Kier alpha value is -0.990. The Bertz CT molecular complexity index is 328. The Morgan fingerprint density at radius 1 is 1.31 bits per heavy atom. The van der Waals surface area contributed by atoms with Crippen LogP contribution in [-0.4, -0.2) is 0 Å². The monoisotopic (exact) mass is 229 g/mol. The third kappa shape index (κ3) is 3.87. The average molecular weight is 229 g/mol. The molecule has 89 valence electrons. The minimum atomic E-state index is -4.24. The van der Waals surface area contributed by atoms with Gasteiger partial charge >= 0.3 is 6.18 Å². The summed E-state index contributed by atoms with van der Waals surface area (Å²) in [5.74, 6) is 0.376. The smallest absolute Gasteiger partial charge is 0.166 e. The predicted octanol–water partition coefficient (Wildman–Crippen LogP) is 4.50. The zero-order valence-electron chi connectivity index (χ0n) is 9.35. The minimum Gasteiger partial charge on any atom is -0.166 e. The molecule has 1 rings (SSSR count). The molecule has 0 saturated carbocycles. The third-order valence-electron chi connectivity index (χ3n) is 2.54. The van der Waals surface area contributed by atoms with Gasteiger partial charge in [0.1, 0.15) is 0 Å². The molecule has 0 saturated heterocycles. The summed E-state index contributed by atoms with van der Waals surface area (Å²) in [6.07, 6.45) is -1.80. The summed E-state index contributed by atoms with van der Waals surface area (Å²) in [6.45, 7) is 5.78. The largest absolute Gasteiger partial charge is 0.416 e. The first kappa shape index (κ1) is 13.1. The van der Waals surface area contributed by atoms with Gasteiger partial charge in [0.05, 0.1) is 5.56 Å². The second-order valence-electron chi connectivity index (χ2n) is 4.15. The van der Waals surface area contributed by atoms with Crippen LogP contribution in [0.25, 0.3) is 0 Å². The summed E-state index contributed by atoms with van der Waals surface area (Å²) in [7, 11) is 0. The van der Waals surface area contributed by atoms with Crippen molar-refractivity contribution in [2.24, 2.45) is 5.92 Å². The van der Waals surface area contributed by atoms with Gasteiger partial charge in [0.15, 0.2) is 0 Å². The van der Waals surface area contributed by atoms with Crippen LogP contribution in [0.15, 0.2) is 24.3 Å². The van der Waals surface area contributed by atoms with E-state index in [1.165, 1.54) is 12.1 Å². The van der Waals surface area contributed by atoms with Gasteiger partial charge in [-0.2, -0.15) is 13.2 Å². The fraction of sp³-hybridized carbons (Fsp3) is 0.462. The highest BCUT2D eigenvalue weighted by atomic mass is 19.4. The van der Waals surface area contributed by atoms with Gasteiger partial charge in [-0.05, 0) is 24.0 Å². The van der Waals surface area contributed by atoms with Crippen LogP contribution in [0, 0.1) is 12.8 Å². The predicted molar refractivity (Wildman–Crippen MR) is 58.9 cm³/mol. The Morgan fingerprint density at radius 2 is 2.00 bits per heavy atom. The van der Waals surface area contributed by atoms with E-state index >= 15 is 0 Å². The first-order chi connectivity index (χ1) is 7.43. The maximum Gasteiger partial charge on any atom is 0.416 e. The molecule has 0 bridgehead atoms. The lowest BCUT2D eigenvalue weighted by molar-refractivity contribution is -0.137. The maximum atomic E-state index is 12.4. The number of halogens is 3. The molecule has 1 unspecified atom stereocenters. The molecular weight excluding hydrogens is 213 g/mol. The Labute approximate surface area is 94.5 Å². The summed E-state index contributed by atoms with van der Waals surface area (Å²) in [5.41, 5.74) is 0.183. The summed E-state index contributed by atoms with van der Waals surface area (Å²) < 4.78 is 37.3. The molecular formula is C13H16F3. The van der Waals surface area contributed by atoms with E-state index in [9.17, 15) is 13.2 Å². The molecule has 1 aromatic carbocycles. The molecule has 0 aliphatic rings. The van der Waals surface area contributed by atoms with Crippen LogP contribution in [0.3, 0.4) is 0 Å². The van der Waals surface area contributed by atoms with E-state index in [2.05, 4.69) is 6.92 Å². The second-order valence-corrected chi connectivity index (χ2v) is 4.15. The normalized spacial score (nSPS) is 13.8. The molecule has 0 N–H and O–H groups in total. The second kappa shape index (κ2) is 5.37. The molecule has 0 spiro atoms. The first-order valence-electron chi connectivity index (χ1n) is 5.39. The lowest BCUT2D eigenvalue weighted by Gasteiger charge is -2.12. The van der Waals surface area contributed by atoms with E-state index < -0.39 is 11.7 Å². The van der Waals surface area contributed by atoms with Gasteiger partial charge in [-0.25, -0.2) is 0 Å². The van der Waals surface area contributed by atoms with Crippen molar-refractivity contribution >= 4 is 0 Å². The van der Waals surface area contributed by atoms with Crippen LogP contribution in [0.1, 0.15) is 30.9 Å². The van der Waals surface area contributed by atoms with Gasteiger partial charge in [0.2, 0.25) is 0 Å². The van der Waals surface area contributed by atoms with Crippen molar-refractivity contribution in [1.29, 1.82) is 0 Å². The highest BCUT2D eigenvalue weighted by Gasteiger charge is 2.30. The van der Waals surface area contributed by atoms with Crippen molar-refractivity contribution in [3.63, 3.8) is 0 Å². The van der Waals surface area contributed by atoms with Gasteiger partial charge in [0, 0.05) is 0 Å². The Balaban J connectivity index is 2.75. The van der Waals surface area contributed by atoms with E-state index in [-0.39, 0.29) is 0 Å². The Kier molecular flexibility index (Phi) is 4.39. The summed E-state index contributed by atoms with van der Waals surface area (Å²) in [6, 6.07) is 5.55. The van der Waals surface area contributed by atoms with Gasteiger partial charge < -0.3 is 0 Å². The molecule has 16 heavy (non-hydrogen) atoms. The van der Waals surface area contributed by atoms with Gasteiger partial charge in [-0.3, -0.25) is 0 Å². The third-order valence-corrected chi connectivity index (χ3v) is 2.54. The van der Waals surface area contributed by atoms with Crippen LogP contribution in [0.4, 0.5) is 13.2 Å². The van der Waals surface area contributed by atoms with Gasteiger partial charge in [0.25, 0.3) is 0 Å². The zero-order chi connectivity index (χ0) is 12.2. The standard InChI is InChI=1S/C13H16F3/c1-3-5-10(2)8-11-6-4-7-12(9-11)13(14,15)16/h4,6-7,9-10H,1,3,5,8H2,2H3. The lowest BCUT2D eigenvalue weighted by Crippen LogP contribution is -2.06. The van der Waals surface area contributed by atoms with Crippen LogP contribution < -0.4 is 0 Å². The molecule has 3 heteroatoms. The topological polar surface area (TPSA) is 0 Å². The molecule has 0 heterocycles. The van der Waals surface area contributed by atoms with E-state index in [0.29, 0.717) is 12.3 Å². The summed E-state index contributed by atoms with van der Waals surface area (Å²) in [4.78, 5) is 0. The van der Waals surface area contributed by atoms with Crippen molar-refractivity contribution in [2.75, 3.05) is 0 Å². The molecule has 1 radical (unpaired) electrons. The van der Waals surface area contributed by atoms with Crippen LogP contribution in [-0.2, 0) is 12.6 Å². The van der Waals surface area contributed by atoms with Crippen LogP contribution >= 0.6 is 0 Å². The van der Waals surface area contributed by atoms with Crippen LogP contribution in [0.5, 0.6) is 0 Å².